The maximum absolute atomic E-state index is 11.7. The molecule has 0 spiro atoms. The number of hydrogen-bond donors (Lipinski definition) is 0. The molecule has 0 N–H and O–H groups in total. The van der Waals surface area contributed by atoms with Crippen LogP contribution < -0.4 is 15.1 Å². The maximum atomic E-state index is 11.7. The van der Waals surface area contributed by atoms with Gasteiger partial charge in [-0.3, -0.25) is 0 Å². The van der Waals surface area contributed by atoms with Gasteiger partial charge < -0.3 is 13.9 Å². The maximum Gasteiger partial charge on any atom is 0.336 e. The second-order valence-electron chi connectivity index (χ2n) is 5.83. The molecule has 0 saturated heterocycles. The van der Waals surface area contributed by atoms with Crippen LogP contribution in [-0.4, -0.2) is 13.2 Å². The van der Waals surface area contributed by atoms with Crippen molar-refractivity contribution in [3.63, 3.8) is 0 Å². The van der Waals surface area contributed by atoms with Gasteiger partial charge in [0.1, 0.15) is 30.3 Å². The fraction of sp³-hybridized carbons (Fsp3) is 0.238. The Morgan fingerprint density at radius 1 is 1.00 bits per heavy atom. The van der Waals surface area contributed by atoms with Crippen molar-refractivity contribution >= 4 is 11.0 Å². The number of ether oxygens (including phenoxy) is 2. The van der Waals surface area contributed by atoms with Crippen molar-refractivity contribution in [3.05, 3.63) is 70.1 Å². The number of fused-ring (bicyclic) bond motifs is 1. The molecular formula is C21H19NO4. The average Bonchev–Trinajstić information content (AvgIpc) is 2.65. The Morgan fingerprint density at radius 3 is 2.38 bits per heavy atom. The molecule has 0 radical (unpaired) electrons. The molecule has 2 aromatic carbocycles. The molecule has 132 valence electrons. The van der Waals surface area contributed by atoms with E-state index in [4.69, 9.17) is 19.2 Å². The molecule has 0 aliphatic rings. The minimum Gasteiger partial charge on any atom is -0.490 e. The second-order valence-corrected chi connectivity index (χ2v) is 5.83. The molecule has 0 saturated carbocycles. The van der Waals surface area contributed by atoms with E-state index < -0.39 is 0 Å². The van der Waals surface area contributed by atoms with Crippen molar-refractivity contribution in [1.29, 1.82) is 5.26 Å². The lowest BCUT2D eigenvalue weighted by Crippen LogP contribution is -2.09. The Hall–Kier alpha value is -3.26. The highest BCUT2D eigenvalue weighted by Gasteiger charge is 2.07. The van der Waals surface area contributed by atoms with E-state index in [2.05, 4.69) is 13.0 Å². The van der Waals surface area contributed by atoms with Crippen molar-refractivity contribution in [1.82, 2.24) is 0 Å². The Morgan fingerprint density at radius 2 is 1.69 bits per heavy atom. The predicted octanol–water partition coefficient (Wildman–Crippen LogP) is 4.07. The smallest absolute Gasteiger partial charge is 0.336 e. The summed E-state index contributed by atoms with van der Waals surface area (Å²) >= 11 is 0. The molecule has 0 atom stereocenters. The zero-order valence-electron chi connectivity index (χ0n) is 14.5. The van der Waals surface area contributed by atoms with Crippen molar-refractivity contribution in [2.24, 2.45) is 0 Å². The van der Waals surface area contributed by atoms with Gasteiger partial charge in [-0.05, 0) is 48.4 Å². The molecule has 3 aromatic rings. The summed E-state index contributed by atoms with van der Waals surface area (Å²) in [5.74, 6) is 1.30. The third-order valence-electron chi connectivity index (χ3n) is 3.93. The lowest BCUT2D eigenvalue weighted by Gasteiger charge is -2.10. The van der Waals surface area contributed by atoms with Crippen LogP contribution in [0, 0.1) is 11.3 Å². The topological polar surface area (TPSA) is 72.5 Å². The Labute approximate surface area is 151 Å². The van der Waals surface area contributed by atoms with E-state index in [0.717, 1.165) is 23.8 Å². The van der Waals surface area contributed by atoms with E-state index >= 15 is 0 Å². The van der Waals surface area contributed by atoms with Gasteiger partial charge in [0.15, 0.2) is 0 Å². The Bertz CT molecular complexity index is 984. The summed E-state index contributed by atoms with van der Waals surface area (Å²) < 4.78 is 16.6. The summed E-state index contributed by atoms with van der Waals surface area (Å²) in [6.45, 7) is 2.79. The molecule has 1 aromatic heterocycles. The Kier molecular flexibility index (Phi) is 5.55. The van der Waals surface area contributed by atoms with Gasteiger partial charge in [-0.1, -0.05) is 13.3 Å². The molecule has 26 heavy (non-hydrogen) atoms. The summed E-state index contributed by atoms with van der Waals surface area (Å²) in [4.78, 5) is 11.7. The van der Waals surface area contributed by atoms with E-state index in [1.165, 1.54) is 0 Å². The van der Waals surface area contributed by atoms with Crippen LogP contribution in [0.5, 0.6) is 11.5 Å². The van der Waals surface area contributed by atoms with Gasteiger partial charge >= 0.3 is 5.63 Å². The monoisotopic (exact) mass is 349 g/mol. The van der Waals surface area contributed by atoms with Crippen LogP contribution in [0.4, 0.5) is 0 Å². The minimum absolute atomic E-state index is 0.345. The number of nitriles is 1. The normalized spacial score (nSPS) is 10.5. The van der Waals surface area contributed by atoms with Gasteiger partial charge in [0.2, 0.25) is 0 Å². The zero-order valence-corrected chi connectivity index (χ0v) is 14.5. The van der Waals surface area contributed by atoms with Crippen molar-refractivity contribution in [3.8, 4) is 17.6 Å². The van der Waals surface area contributed by atoms with E-state index in [0.29, 0.717) is 35.9 Å². The molecule has 0 amide bonds. The molecule has 3 rings (SSSR count). The summed E-state index contributed by atoms with van der Waals surface area (Å²) in [5.41, 5.74) is 1.77. The van der Waals surface area contributed by atoms with E-state index in [1.807, 2.05) is 12.1 Å². The Balaban J connectivity index is 1.62. The first-order valence-electron chi connectivity index (χ1n) is 8.52. The van der Waals surface area contributed by atoms with Crippen LogP contribution in [0.1, 0.15) is 24.5 Å². The van der Waals surface area contributed by atoms with Gasteiger partial charge in [-0.15, -0.1) is 0 Å². The fourth-order valence-corrected chi connectivity index (χ4v) is 2.72. The predicted molar refractivity (Wildman–Crippen MR) is 98.6 cm³/mol. The average molecular weight is 349 g/mol. The SMILES string of the molecule is CCCc1cc(=O)oc2cc(OCCOc3ccc(C#N)cc3)ccc12. The van der Waals surface area contributed by atoms with Crippen LogP contribution >= 0.6 is 0 Å². The number of aryl methyl sites for hydroxylation is 1. The lowest BCUT2D eigenvalue weighted by molar-refractivity contribution is 0.217. The molecule has 5 heteroatoms. The summed E-state index contributed by atoms with van der Waals surface area (Å²) in [5, 5.41) is 9.71. The minimum atomic E-state index is -0.345. The fourth-order valence-electron chi connectivity index (χ4n) is 2.72. The van der Waals surface area contributed by atoms with Crippen LogP contribution in [0.3, 0.4) is 0 Å². The second kappa shape index (κ2) is 8.21. The molecule has 0 unspecified atom stereocenters. The largest absolute Gasteiger partial charge is 0.490 e. The first-order valence-corrected chi connectivity index (χ1v) is 8.52. The van der Waals surface area contributed by atoms with Gasteiger partial charge in [0.25, 0.3) is 0 Å². The van der Waals surface area contributed by atoms with Crippen molar-refractivity contribution in [2.75, 3.05) is 13.2 Å². The molecule has 5 nitrogen and oxygen atoms in total. The van der Waals surface area contributed by atoms with Crippen LogP contribution in [-0.2, 0) is 6.42 Å². The first-order chi connectivity index (χ1) is 12.7. The highest BCUT2D eigenvalue weighted by Crippen LogP contribution is 2.23. The summed E-state index contributed by atoms with van der Waals surface area (Å²) in [6.07, 6.45) is 1.80. The quantitative estimate of drug-likeness (QED) is 0.475. The molecular weight excluding hydrogens is 330 g/mol. The molecule has 0 aliphatic heterocycles. The van der Waals surface area contributed by atoms with Crippen LogP contribution in [0.2, 0.25) is 0 Å². The highest BCUT2D eigenvalue weighted by atomic mass is 16.5. The van der Waals surface area contributed by atoms with Gasteiger partial charge in [-0.2, -0.15) is 5.26 Å². The highest BCUT2D eigenvalue weighted by molar-refractivity contribution is 5.81. The molecule has 1 heterocycles. The number of rotatable bonds is 7. The van der Waals surface area contributed by atoms with E-state index in [-0.39, 0.29) is 5.63 Å². The first kappa shape index (κ1) is 17.6. The van der Waals surface area contributed by atoms with Crippen molar-refractivity contribution < 1.29 is 13.9 Å². The zero-order chi connectivity index (χ0) is 18.4. The molecule has 0 aliphatic carbocycles. The summed E-state index contributed by atoms with van der Waals surface area (Å²) in [7, 11) is 0. The number of hydrogen-bond acceptors (Lipinski definition) is 5. The number of nitrogens with zero attached hydrogens (tertiary/aromatic N) is 1. The van der Waals surface area contributed by atoms with Gasteiger partial charge in [0, 0.05) is 17.5 Å². The van der Waals surface area contributed by atoms with Gasteiger partial charge in [0.05, 0.1) is 11.6 Å². The third-order valence-corrected chi connectivity index (χ3v) is 3.93. The number of benzene rings is 2. The third kappa shape index (κ3) is 4.22. The molecule has 0 fully saturated rings. The summed E-state index contributed by atoms with van der Waals surface area (Å²) in [6, 6.07) is 16.0. The lowest BCUT2D eigenvalue weighted by atomic mass is 10.1. The standard InChI is InChI=1S/C21H19NO4/c1-2-3-16-12-21(23)26-20-13-18(8-9-19(16)20)25-11-10-24-17-6-4-15(14-22)5-7-17/h4-9,12-13H,2-3,10-11H2,1H3. The van der Waals surface area contributed by atoms with Gasteiger partial charge in [-0.25, -0.2) is 4.79 Å². The van der Waals surface area contributed by atoms with Crippen molar-refractivity contribution in [2.45, 2.75) is 19.8 Å². The van der Waals surface area contributed by atoms with Crippen LogP contribution in [0.15, 0.2) is 57.7 Å². The molecule has 0 bridgehead atoms. The van der Waals surface area contributed by atoms with E-state index in [9.17, 15) is 4.79 Å². The van der Waals surface area contributed by atoms with E-state index in [1.54, 1.807) is 36.4 Å². The van der Waals surface area contributed by atoms with Crippen LogP contribution in [0.25, 0.3) is 11.0 Å².